The van der Waals surface area contributed by atoms with Crippen molar-refractivity contribution in [1.82, 2.24) is 10.3 Å². The third-order valence-corrected chi connectivity index (χ3v) is 4.55. The van der Waals surface area contributed by atoms with Crippen LogP contribution in [-0.4, -0.2) is 29.8 Å². The first-order chi connectivity index (χ1) is 12.8. The van der Waals surface area contributed by atoms with Crippen molar-refractivity contribution in [2.75, 3.05) is 19.7 Å². The van der Waals surface area contributed by atoms with Crippen LogP contribution in [0, 0.1) is 0 Å². The summed E-state index contributed by atoms with van der Waals surface area (Å²) >= 11 is 0. The molecule has 0 aliphatic heterocycles. The third kappa shape index (κ3) is 3.57. The molecule has 0 fully saturated rings. The molecule has 0 spiro atoms. The normalized spacial score (nSPS) is 12.5. The molecular formula is C22H22N2O2. The van der Waals surface area contributed by atoms with Crippen LogP contribution in [0.25, 0.3) is 21.8 Å². The fraction of sp³-hybridized carbons (Fsp3) is 0.182. The highest BCUT2D eigenvalue weighted by Gasteiger charge is 2.06. The number of rotatable bonds is 7. The van der Waals surface area contributed by atoms with Crippen molar-refractivity contribution in [3.63, 3.8) is 0 Å². The Balaban J connectivity index is 1.30. The molecule has 4 aromatic rings. The zero-order chi connectivity index (χ0) is 17.8. The van der Waals surface area contributed by atoms with E-state index in [1.54, 1.807) is 0 Å². The number of para-hydroxylation sites is 1. The van der Waals surface area contributed by atoms with E-state index in [9.17, 15) is 5.11 Å². The summed E-state index contributed by atoms with van der Waals surface area (Å²) in [5.41, 5.74) is 3.14. The van der Waals surface area contributed by atoms with Gasteiger partial charge in [-0.3, -0.25) is 0 Å². The smallest absolute Gasteiger partial charge is 0.121 e. The Morgan fingerprint density at radius 2 is 1.65 bits per heavy atom. The second-order valence-electron chi connectivity index (χ2n) is 6.36. The lowest BCUT2D eigenvalue weighted by molar-refractivity contribution is 0.172. The van der Waals surface area contributed by atoms with Gasteiger partial charge in [-0.25, -0.2) is 0 Å². The summed E-state index contributed by atoms with van der Waals surface area (Å²) < 4.78 is 5.83. The summed E-state index contributed by atoms with van der Waals surface area (Å²) in [5.74, 6) is 0.842. The third-order valence-electron chi connectivity index (χ3n) is 4.55. The molecule has 1 atom stereocenters. The molecule has 1 aromatic heterocycles. The number of ether oxygens (including phenoxy) is 1. The number of H-pyrrole nitrogens is 1. The van der Waals surface area contributed by atoms with Crippen molar-refractivity contribution < 1.29 is 9.84 Å². The first-order valence-electron chi connectivity index (χ1n) is 8.88. The molecule has 4 rings (SSSR count). The largest absolute Gasteiger partial charge is 0.492 e. The van der Waals surface area contributed by atoms with E-state index in [2.05, 4.69) is 34.6 Å². The summed E-state index contributed by atoms with van der Waals surface area (Å²) in [7, 11) is 0. The highest BCUT2D eigenvalue weighted by molar-refractivity contribution is 6.07. The second-order valence-corrected chi connectivity index (χ2v) is 6.36. The molecule has 1 heterocycles. The van der Waals surface area contributed by atoms with Crippen molar-refractivity contribution in [2.24, 2.45) is 0 Å². The molecular weight excluding hydrogens is 324 g/mol. The van der Waals surface area contributed by atoms with Crippen molar-refractivity contribution in [2.45, 2.75) is 6.10 Å². The van der Waals surface area contributed by atoms with E-state index >= 15 is 0 Å². The van der Waals surface area contributed by atoms with Crippen molar-refractivity contribution in [1.29, 1.82) is 0 Å². The summed E-state index contributed by atoms with van der Waals surface area (Å²) in [6.45, 7) is 1.73. The predicted molar refractivity (Wildman–Crippen MR) is 106 cm³/mol. The number of nitrogens with one attached hydrogen (secondary N) is 2. The lowest BCUT2D eigenvalue weighted by atomic mass is 10.1. The van der Waals surface area contributed by atoms with Gasteiger partial charge in [0.2, 0.25) is 0 Å². The highest BCUT2D eigenvalue weighted by Crippen LogP contribution is 2.28. The van der Waals surface area contributed by atoms with Crippen LogP contribution in [0.2, 0.25) is 0 Å². The number of aromatic nitrogens is 1. The molecule has 0 bridgehead atoms. The number of aromatic amines is 1. The number of aliphatic hydroxyl groups excluding tert-OH is 1. The van der Waals surface area contributed by atoms with Gasteiger partial charge < -0.3 is 20.1 Å². The Morgan fingerprint density at radius 1 is 0.885 bits per heavy atom. The number of fused-ring (bicyclic) bond motifs is 3. The van der Waals surface area contributed by atoms with Gasteiger partial charge in [-0.2, -0.15) is 0 Å². The highest BCUT2D eigenvalue weighted by atomic mass is 16.5. The monoisotopic (exact) mass is 346 g/mol. The SMILES string of the molecule is O[C@H](CNCCOc1ccc2c(c1)[nH]c1ccccc12)c1ccccc1. The zero-order valence-electron chi connectivity index (χ0n) is 14.5. The van der Waals surface area contributed by atoms with E-state index in [-0.39, 0.29) is 0 Å². The molecule has 0 aliphatic rings. The molecule has 3 N–H and O–H groups in total. The maximum atomic E-state index is 10.1. The standard InChI is InChI=1S/C22H22N2O2/c25-22(16-6-2-1-3-7-16)15-23-12-13-26-17-10-11-19-18-8-4-5-9-20(18)24-21(19)14-17/h1-11,14,22-25H,12-13,15H2/t22-/m1/s1. The molecule has 4 nitrogen and oxygen atoms in total. The molecule has 132 valence electrons. The van der Waals surface area contributed by atoms with Crippen LogP contribution >= 0.6 is 0 Å². The fourth-order valence-corrected chi connectivity index (χ4v) is 3.20. The number of aliphatic hydroxyl groups is 1. The summed E-state index contributed by atoms with van der Waals surface area (Å²) in [6, 6.07) is 24.1. The number of hydrogen-bond acceptors (Lipinski definition) is 3. The van der Waals surface area contributed by atoms with Crippen LogP contribution in [0.3, 0.4) is 0 Å². The lowest BCUT2D eigenvalue weighted by Gasteiger charge is -2.12. The second kappa shape index (κ2) is 7.60. The van der Waals surface area contributed by atoms with E-state index in [1.807, 2.05) is 48.5 Å². The maximum Gasteiger partial charge on any atom is 0.121 e. The van der Waals surface area contributed by atoms with Gasteiger partial charge in [0.25, 0.3) is 0 Å². The molecule has 0 saturated carbocycles. The van der Waals surface area contributed by atoms with Crippen LogP contribution < -0.4 is 10.1 Å². The van der Waals surface area contributed by atoms with E-state index in [1.165, 1.54) is 10.8 Å². The van der Waals surface area contributed by atoms with E-state index in [0.717, 1.165) is 22.3 Å². The molecule has 0 amide bonds. The minimum absolute atomic E-state index is 0.501. The van der Waals surface area contributed by atoms with Gasteiger partial charge in [-0.15, -0.1) is 0 Å². The summed E-state index contributed by atoms with van der Waals surface area (Å²) in [5, 5.41) is 15.8. The van der Waals surface area contributed by atoms with Gasteiger partial charge in [0.05, 0.1) is 11.6 Å². The van der Waals surface area contributed by atoms with Crippen LogP contribution in [-0.2, 0) is 0 Å². The Hall–Kier alpha value is -2.82. The van der Waals surface area contributed by atoms with Gasteiger partial charge in [-0.05, 0) is 23.8 Å². The average molecular weight is 346 g/mol. The average Bonchev–Trinajstić information content (AvgIpc) is 3.06. The zero-order valence-corrected chi connectivity index (χ0v) is 14.5. The van der Waals surface area contributed by atoms with Crippen molar-refractivity contribution in [3.8, 4) is 5.75 Å². The molecule has 0 radical (unpaired) electrons. The van der Waals surface area contributed by atoms with E-state index < -0.39 is 6.10 Å². The Bertz CT molecular complexity index is 995. The number of hydrogen-bond donors (Lipinski definition) is 3. The molecule has 3 aromatic carbocycles. The Morgan fingerprint density at radius 3 is 2.54 bits per heavy atom. The predicted octanol–water partition coefficient (Wildman–Crippen LogP) is 4.02. The Labute approximate surface area is 152 Å². The van der Waals surface area contributed by atoms with Gasteiger partial charge in [0.15, 0.2) is 0 Å². The summed E-state index contributed by atoms with van der Waals surface area (Å²) in [6.07, 6.45) is -0.501. The van der Waals surface area contributed by atoms with Crippen LogP contribution in [0.1, 0.15) is 11.7 Å². The number of benzene rings is 3. The van der Waals surface area contributed by atoms with E-state index in [0.29, 0.717) is 19.7 Å². The fourth-order valence-electron chi connectivity index (χ4n) is 3.20. The first kappa shape index (κ1) is 16.6. The molecule has 0 unspecified atom stereocenters. The van der Waals surface area contributed by atoms with Crippen LogP contribution in [0.15, 0.2) is 72.8 Å². The minimum atomic E-state index is -0.501. The van der Waals surface area contributed by atoms with Gasteiger partial charge in [-0.1, -0.05) is 48.5 Å². The maximum absolute atomic E-state index is 10.1. The topological polar surface area (TPSA) is 57.3 Å². The lowest BCUT2D eigenvalue weighted by Crippen LogP contribution is -2.26. The molecule has 4 heteroatoms. The van der Waals surface area contributed by atoms with Crippen molar-refractivity contribution in [3.05, 3.63) is 78.4 Å². The van der Waals surface area contributed by atoms with Crippen LogP contribution in [0.4, 0.5) is 0 Å². The van der Waals surface area contributed by atoms with Gasteiger partial charge >= 0.3 is 0 Å². The Kier molecular flexibility index (Phi) is 4.86. The van der Waals surface area contributed by atoms with E-state index in [4.69, 9.17) is 4.74 Å². The molecule has 0 aliphatic carbocycles. The molecule has 26 heavy (non-hydrogen) atoms. The van der Waals surface area contributed by atoms with Gasteiger partial charge in [0.1, 0.15) is 12.4 Å². The molecule has 0 saturated heterocycles. The van der Waals surface area contributed by atoms with Gasteiger partial charge in [0, 0.05) is 35.4 Å². The van der Waals surface area contributed by atoms with Crippen molar-refractivity contribution >= 4 is 21.8 Å². The first-order valence-corrected chi connectivity index (χ1v) is 8.88. The summed E-state index contributed by atoms with van der Waals surface area (Å²) in [4.78, 5) is 3.42. The van der Waals surface area contributed by atoms with Crippen LogP contribution in [0.5, 0.6) is 5.75 Å². The quantitative estimate of drug-likeness (QED) is 0.443. The minimum Gasteiger partial charge on any atom is -0.492 e.